The first-order valence-electron chi connectivity index (χ1n) is 9.41. The molecule has 0 spiro atoms. The molecule has 3 rings (SSSR count). The molecule has 1 fully saturated rings. The van der Waals surface area contributed by atoms with Gasteiger partial charge in [-0.2, -0.15) is 4.31 Å². The van der Waals surface area contributed by atoms with Crippen molar-refractivity contribution in [2.45, 2.75) is 23.6 Å². The molecule has 0 saturated carbocycles. The standard InChI is InChI=1S/C20H23N3O5S2/c1-15-5-3-4-6-18(15)29-14-20(24)21-9-11-22(12-10-21)30(27,28)19-13-17(23(25)26)8-7-16(19)2/h3-8,13H,9-12,14H2,1-2H3. The van der Waals surface area contributed by atoms with Gasteiger partial charge in [0.2, 0.25) is 15.9 Å². The van der Waals surface area contributed by atoms with Gasteiger partial charge in [-0.15, -0.1) is 11.8 Å². The highest BCUT2D eigenvalue weighted by molar-refractivity contribution is 8.00. The molecule has 2 aromatic carbocycles. The van der Waals surface area contributed by atoms with Gasteiger partial charge in [-0.1, -0.05) is 24.3 Å². The number of nitrogens with zero attached hydrogens (tertiary/aromatic N) is 3. The Morgan fingerprint density at radius 1 is 1.07 bits per heavy atom. The minimum atomic E-state index is -3.87. The van der Waals surface area contributed by atoms with E-state index in [9.17, 15) is 23.3 Å². The van der Waals surface area contributed by atoms with Crippen molar-refractivity contribution >= 4 is 33.4 Å². The van der Waals surface area contributed by atoms with Gasteiger partial charge in [0.1, 0.15) is 0 Å². The molecule has 0 N–H and O–H groups in total. The lowest BCUT2D eigenvalue weighted by molar-refractivity contribution is -0.385. The first-order valence-corrected chi connectivity index (χ1v) is 11.8. The van der Waals surface area contributed by atoms with Gasteiger partial charge < -0.3 is 4.90 Å². The van der Waals surface area contributed by atoms with E-state index in [4.69, 9.17) is 0 Å². The van der Waals surface area contributed by atoms with Gasteiger partial charge in [-0.05, 0) is 31.0 Å². The summed E-state index contributed by atoms with van der Waals surface area (Å²) in [6, 6.07) is 11.7. The summed E-state index contributed by atoms with van der Waals surface area (Å²) in [6.45, 7) is 4.50. The second-order valence-electron chi connectivity index (χ2n) is 7.05. The molecule has 1 aliphatic rings. The molecule has 1 heterocycles. The lowest BCUT2D eigenvalue weighted by Gasteiger charge is -2.34. The van der Waals surface area contributed by atoms with Crippen molar-refractivity contribution in [1.29, 1.82) is 0 Å². The highest BCUT2D eigenvalue weighted by Crippen LogP contribution is 2.26. The number of hydrogen-bond donors (Lipinski definition) is 0. The molecule has 0 bridgehead atoms. The summed E-state index contributed by atoms with van der Waals surface area (Å²) in [4.78, 5) is 25.6. The topological polar surface area (TPSA) is 101 Å². The van der Waals surface area contributed by atoms with Crippen LogP contribution >= 0.6 is 11.8 Å². The van der Waals surface area contributed by atoms with Gasteiger partial charge in [0, 0.05) is 43.2 Å². The largest absolute Gasteiger partial charge is 0.339 e. The lowest BCUT2D eigenvalue weighted by atomic mass is 10.2. The molecule has 1 amide bonds. The maximum atomic E-state index is 13.0. The Labute approximate surface area is 180 Å². The van der Waals surface area contributed by atoms with Gasteiger partial charge in [-0.25, -0.2) is 8.42 Å². The van der Waals surface area contributed by atoms with Gasteiger partial charge in [0.15, 0.2) is 0 Å². The minimum absolute atomic E-state index is 0.0353. The molecule has 0 radical (unpaired) electrons. The monoisotopic (exact) mass is 449 g/mol. The maximum Gasteiger partial charge on any atom is 0.270 e. The maximum absolute atomic E-state index is 13.0. The Bertz CT molecular complexity index is 1060. The number of sulfonamides is 1. The third-order valence-electron chi connectivity index (χ3n) is 5.04. The average Bonchev–Trinajstić information content (AvgIpc) is 2.73. The number of benzene rings is 2. The number of thioether (sulfide) groups is 1. The first kappa shape index (κ1) is 22.3. The van der Waals surface area contributed by atoms with Crippen LogP contribution in [0.15, 0.2) is 52.3 Å². The first-order chi connectivity index (χ1) is 14.2. The second kappa shape index (κ2) is 9.15. The third kappa shape index (κ3) is 4.82. The summed E-state index contributed by atoms with van der Waals surface area (Å²) in [6.07, 6.45) is 0. The average molecular weight is 450 g/mol. The number of rotatable bonds is 6. The zero-order valence-electron chi connectivity index (χ0n) is 16.8. The van der Waals surface area contributed by atoms with Crippen molar-refractivity contribution in [3.8, 4) is 0 Å². The number of aryl methyl sites for hydroxylation is 2. The van der Waals surface area contributed by atoms with E-state index in [1.165, 1.54) is 28.2 Å². The predicted molar refractivity (Wildman–Crippen MR) is 115 cm³/mol. The SMILES string of the molecule is Cc1ccccc1SCC(=O)N1CCN(S(=O)(=O)c2cc([N+](=O)[O-])ccc2C)CC1. The molecule has 0 aliphatic carbocycles. The van der Waals surface area contributed by atoms with Crippen LogP contribution in [0.5, 0.6) is 0 Å². The fraction of sp³-hybridized carbons (Fsp3) is 0.350. The zero-order chi connectivity index (χ0) is 21.9. The number of non-ortho nitro benzene ring substituents is 1. The second-order valence-corrected chi connectivity index (χ2v) is 9.97. The summed E-state index contributed by atoms with van der Waals surface area (Å²) >= 11 is 1.47. The summed E-state index contributed by atoms with van der Waals surface area (Å²) in [5.74, 6) is 0.258. The van der Waals surface area contributed by atoms with Crippen molar-refractivity contribution in [2.75, 3.05) is 31.9 Å². The highest BCUT2D eigenvalue weighted by Gasteiger charge is 2.32. The van der Waals surface area contributed by atoms with Gasteiger partial charge >= 0.3 is 0 Å². The minimum Gasteiger partial charge on any atom is -0.339 e. The van der Waals surface area contributed by atoms with Crippen molar-refractivity contribution < 1.29 is 18.1 Å². The van der Waals surface area contributed by atoms with Crippen LogP contribution in [0.3, 0.4) is 0 Å². The molecule has 10 heteroatoms. The van der Waals surface area contributed by atoms with Gasteiger partial charge in [0.05, 0.1) is 15.6 Å². The van der Waals surface area contributed by atoms with Crippen LogP contribution in [-0.2, 0) is 14.8 Å². The number of nitro benzene ring substituents is 1. The van der Waals surface area contributed by atoms with Gasteiger partial charge in [-0.3, -0.25) is 14.9 Å². The third-order valence-corrected chi connectivity index (χ3v) is 8.24. The van der Waals surface area contributed by atoms with E-state index in [-0.39, 0.29) is 29.6 Å². The van der Waals surface area contributed by atoms with Crippen LogP contribution in [0.1, 0.15) is 11.1 Å². The summed E-state index contributed by atoms with van der Waals surface area (Å²) in [5.41, 5.74) is 1.30. The predicted octanol–water partition coefficient (Wildman–Crippen LogP) is 2.84. The Kier molecular flexibility index (Phi) is 6.79. The van der Waals surface area contributed by atoms with Crippen LogP contribution in [0.25, 0.3) is 0 Å². The molecule has 1 saturated heterocycles. The Morgan fingerprint density at radius 3 is 2.37 bits per heavy atom. The zero-order valence-corrected chi connectivity index (χ0v) is 18.4. The Morgan fingerprint density at radius 2 is 1.73 bits per heavy atom. The highest BCUT2D eigenvalue weighted by atomic mass is 32.2. The van der Waals surface area contributed by atoms with Gasteiger partial charge in [0.25, 0.3) is 5.69 Å². The Hall–Kier alpha value is -2.43. The number of piperazine rings is 1. The number of carbonyl (C=O) groups excluding carboxylic acids is 1. The fourth-order valence-corrected chi connectivity index (χ4v) is 5.85. The van der Waals surface area contributed by atoms with Crippen LogP contribution in [-0.4, -0.2) is 60.4 Å². The van der Waals surface area contributed by atoms with E-state index >= 15 is 0 Å². The molecular formula is C20H23N3O5S2. The van der Waals surface area contributed by atoms with E-state index in [0.29, 0.717) is 24.4 Å². The van der Waals surface area contributed by atoms with Crippen LogP contribution in [0.2, 0.25) is 0 Å². The molecular weight excluding hydrogens is 426 g/mol. The molecule has 1 aliphatic heterocycles. The van der Waals surface area contributed by atoms with Crippen molar-refractivity contribution in [1.82, 2.24) is 9.21 Å². The van der Waals surface area contributed by atoms with Crippen LogP contribution in [0, 0.1) is 24.0 Å². The molecule has 160 valence electrons. The van der Waals surface area contributed by atoms with E-state index in [1.54, 1.807) is 11.8 Å². The number of nitro groups is 1. The number of amides is 1. The van der Waals surface area contributed by atoms with Crippen molar-refractivity contribution in [2.24, 2.45) is 0 Å². The summed E-state index contributed by atoms with van der Waals surface area (Å²) in [5, 5.41) is 11.0. The van der Waals surface area contributed by atoms with Crippen molar-refractivity contribution in [3.05, 3.63) is 63.7 Å². The van der Waals surface area contributed by atoms with E-state index in [0.717, 1.165) is 16.5 Å². The number of hydrogen-bond acceptors (Lipinski definition) is 6. The summed E-state index contributed by atoms with van der Waals surface area (Å²) in [7, 11) is -3.87. The lowest BCUT2D eigenvalue weighted by Crippen LogP contribution is -2.51. The van der Waals surface area contributed by atoms with Crippen molar-refractivity contribution in [3.63, 3.8) is 0 Å². The van der Waals surface area contributed by atoms with Crippen LogP contribution < -0.4 is 0 Å². The molecule has 0 unspecified atom stereocenters. The summed E-state index contributed by atoms with van der Waals surface area (Å²) < 4.78 is 27.3. The molecule has 0 atom stereocenters. The van der Waals surface area contributed by atoms with E-state index < -0.39 is 14.9 Å². The smallest absolute Gasteiger partial charge is 0.270 e. The van der Waals surface area contributed by atoms with E-state index in [1.807, 2.05) is 31.2 Å². The van der Waals surface area contributed by atoms with E-state index in [2.05, 4.69) is 0 Å². The molecule has 0 aromatic heterocycles. The Balaban J connectivity index is 1.63. The fourth-order valence-electron chi connectivity index (χ4n) is 3.25. The molecule has 8 nitrogen and oxygen atoms in total. The normalized spacial score (nSPS) is 15.2. The van der Waals surface area contributed by atoms with Crippen LogP contribution in [0.4, 0.5) is 5.69 Å². The number of carbonyl (C=O) groups is 1. The molecule has 2 aromatic rings. The molecule has 30 heavy (non-hydrogen) atoms. The quantitative estimate of drug-likeness (QED) is 0.382.